The van der Waals surface area contributed by atoms with Gasteiger partial charge in [0.2, 0.25) is 5.88 Å². The van der Waals surface area contributed by atoms with Crippen LogP contribution >= 0.6 is 11.3 Å². The van der Waals surface area contributed by atoms with Gasteiger partial charge in [-0.15, -0.1) is 21.5 Å². The molecule has 0 saturated carbocycles. The first-order chi connectivity index (χ1) is 13.6. The average molecular weight is 394 g/mol. The van der Waals surface area contributed by atoms with Crippen LogP contribution in [0.5, 0.6) is 5.88 Å². The van der Waals surface area contributed by atoms with Crippen LogP contribution in [0, 0.1) is 19.8 Å². The maximum Gasteiger partial charge on any atom is 0.265 e. The molecule has 1 aliphatic rings. The third-order valence-corrected chi connectivity index (χ3v) is 5.91. The van der Waals surface area contributed by atoms with E-state index in [0.29, 0.717) is 24.9 Å². The molecule has 144 valence electrons. The van der Waals surface area contributed by atoms with Crippen molar-refractivity contribution in [3.8, 4) is 17.1 Å². The second kappa shape index (κ2) is 8.06. The molecule has 28 heavy (non-hydrogen) atoms. The summed E-state index contributed by atoms with van der Waals surface area (Å²) in [7, 11) is 0. The van der Waals surface area contributed by atoms with Gasteiger partial charge in [0.1, 0.15) is 4.88 Å². The number of benzene rings is 1. The van der Waals surface area contributed by atoms with Gasteiger partial charge >= 0.3 is 0 Å². The third-order valence-electron chi connectivity index (χ3n) is 4.85. The largest absolute Gasteiger partial charge is 0.476 e. The summed E-state index contributed by atoms with van der Waals surface area (Å²) >= 11 is 1.47. The number of carbonyl (C=O) groups excluding carboxylic acids is 1. The molecule has 0 radical (unpaired) electrons. The lowest BCUT2D eigenvalue weighted by atomic mass is 10.1. The Morgan fingerprint density at radius 1 is 1.18 bits per heavy atom. The van der Waals surface area contributed by atoms with Gasteiger partial charge in [0.15, 0.2) is 0 Å². The molecule has 1 aliphatic heterocycles. The predicted molar refractivity (Wildman–Crippen MR) is 109 cm³/mol. The van der Waals surface area contributed by atoms with Crippen molar-refractivity contribution >= 4 is 17.2 Å². The van der Waals surface area contributed by atoms with Crippen LogP contribution in [-0.4, -0.2) is 45.7 Å². The standard InChI is InChI=1S/C21H22N4O2S/c1-14-20(28-15(2)22-14)21(26)25-11-10-16(12-25)13-27-19-9-8-18(23-24-19)17-6-4-3-5-7-17/h3-9,16H,10-13H2,1-2H3. The summed E-state index contributed by atoms with van der Waals surface area (Å²) in [5.74, 6) is 0.893. The maximum absolute atomic E-state index is 12.7. The lowest BCUT2D eigenvalue weighted by molar-refractivity contribution is 0.0786. The Labute approximate surface area is 168 Å². The summed E-state index contributed by atoms with van der Waals surface area (Å²) in [6, 6.07) is 13.7. The van der Waals surface area contributed by atoms with Crippen LogP contribution in [0.25, 0.3) is 11.3 Å². The van der Waals surface area contributed by atoms with Crippen LogP contribution in [0.2, 0.25) is 0 Å². The van der Waals surface area contributed by atoms with Gasteiger partial charge < -0.3 is 9.64 Å². The number of hydrogen-bond acceptors (Lipinski definition) is 6. The smallest absolute Gasteiger partial charge is 0.265 e. The molecular formula is C21H22N4O2S. The number of likely N-dealkylation sites (tertiary alicyclic amines) is 1. The second-order valence-corrected chi connectivity index (χ2v) is 8.19. The zero-order valence-corrected chi connectivity index (χ0v) is 16.8. The molecule has 6 nitrogen and oxygen atoms in total. The molecule has 2 aromatic heterocycles. The summed E-state index contributed by atoms with van der Waals surface area (Å²) in [4.78, 5) is 19.7. The third kappa shape index (κ3) is 4.04. The monoisotopic (exact) mass is 394 g/mol. The van der Waals surface area contributed by atoms with E-state index in [1.807, 2.05) is 61.2 Å². The first-order valence-corrected chi connectivity index (χ1v) is 10.2. The van der Waals surface area contributed by atoms with Crippen molar-refractivity contribution in [3.05, 3.63) is 58.0 Å². The molecule has 0 bridgehead atoms. The van der Waals surface area contributed by atoms with E-state index in [-0.39, 0.29) is 5.91 Å². The Kier molecular flexibility index (Phi) is 5.34. The van der Waals surface area contributed by atoms with Crippen LogP contribution in [0.3, 0.4) is 0 Å². The van der Waals surface area contributed by atoms with Crippen molar-refractivity contribution < 1.29 is 9.53 Å². The van der Waals surface area contributed by atoms with Crippen molar-refractivity contribution in [2.24, 2.45) is 5.92 Å². The van der Waals surface area contributed by atoms with E-state index < -0.39 is 0 Å². The minimum Gasteiger partial charge on any atom is -0.476 e. The molecule has 7 heteroatoms. The number of nitrogens with zero attached hydrogens (tertiary/aromatic N) is 4. The zero-order chi connectivity index (χ0) is 19.5. The first-order valence-electron chi connectivity index (χ1n) is 9.35. The molecule has 1 atom stereocenters. The SMILES string of the molecule is Cc1nc(C)c(C(=O)N2CCC(COc3ccc(-c4ccccc4)nn3)C2)s1. The predicted octanol–water partition coefficient (Wildman–Crippen LogP) is 3.76. The molecule has 1 amide bonds. The van der Waals surface area contributed by atoms with Crippen LogP contribution in [0.4, 0.5) is 0 Å². The van der Waals surface area contributed by atoms with Gasteiger partial charge in [-0.2, -0.15) is 0 Å². The Bertz CT molecular complexity index is 956. The summed E-state index contributed by atoms with van der Waals surface area (Å²) in [5, 5.41) is 9.34. The van der Waals surface area contributed by atoms with Gasteiger partial charge in [-0.25, -0.2) is 4.98 Å². The van der Waals surface area contributed by atoms with E-state index in [1.165, 1.54) is 11.3 Å². The molecule has 1 saturated heterocycles. The molecule has 3 heterocycles. The van der Waals surface area contributed by atoms with Gasteiger partial charge in [-0.3, -0.25) is 4.79 Å². The molecule has 0 N–H and O–H groups in total. The van der Waals surface area contributed by atoms with Crippen molar-refractivity contribution in [1.82, 2.24) is 20.1 Å². The zero-order valence-electron chi connectivity index (χ0n) is 16.0. The van der Waals surface area contributed by atoms with Crippen molar-refractivity contribution in [1.29, 1.82) is 0 Å². The summed E-state index contributed by atoms with van der Waals surface area (Å²) in [6.45, 7) is 5.81. The van der Waals surface area contributed by atoms with E-state index >= 15 is 0 Å². The highest BCUT2D eigenvalue weighted by Crippen LogP contribution is 2.24. The summed E-state index contributed by atoms with van der Waals surface area (Å²) in [6.07, 6.45) is 0.929. The number of ether oxygens (including phenoxy) is 1. The molecule has 0 spiro atoms. The Hall–Kier alpha value is -2.80. The van der Waals surface area contributed by atoms with E-state index in [1.54, 1.807) is 0 Å². The number of amides is 1. The van der Waals surface area contributed by atoms with Crippen LogP contribution < -0.4 is 4.74 Å². The van der Waals surface area contributed by atoms with Crippen LogP contribution in [0.1, 0.15) is 26.8 Å². The van der Waals surface area contributed by atoms with Crippen molar-refractivity contribution in [2.45, 2.75) is 20.3 Å². The molecule has 3 aromatic rings. The van der Waals surface area contributed by atoms with Crippen molar-refractivity contribution in [3.63, 3.8) is 0 Å². The van der Waals surface area contributed by atoms with Gasteiger partial charge in [-0.05, 0) is 26.3 Å². The number of rotatable bonds is 5. The number of thiazole rings is 1. The number of carbonyl (C=O) groups is 1. The minimum absolute atomic E-state index is 0.0811. The van der Waals surface area contributed by atoms with Crippen molar-refractivity contribution in [2.75, 3.05) is 19.7 Å². The van der Waals surface area contributed by atoms with Gasteiger partial charge in [0, 0.05) is 30.6 Å². The number of aromatic nitrogens is 3. The van der Waals surface area contributed by atoms with Gasteiger partial charge in [-0.1, -0.05) is 30.3 Å². The fourth-order valence-corrected chi connectivity index (χ4v) is 4.28. The molecular weight excluding hydrogens is 372 g/mol. The molecule has 4 rings (SSSR count). The van der Waals surface area contributed by atoms with Gasteiger partial charge in [0.25, 0.3) is 5.91 Å². The Morgan fingerprint density at radius 3 is 2.68 bits per heavy atom. The Balaban J connectivity index is 1.31. The van der Waals surface area contributed by atoms with E-state index in [0.717, 1.165) is 39.8 Å². The van der Waals surface area contributed by atoms with E-state index in [4.69, 9.17) is 4.74 Å². The topological polar surface area (TPSA) is 68.2 Å². The summed E-state index contributed by atoms with van der Waals surface area (Å²) in [5.41, 5.74) is 2.67. The molecule has 1 aromatic carbocycles. The molecule has 1 unspecified atom stereocenters. The highest BCUT2D eigenvalue weighted by atomic mass is 32.1. The fourth-order valence-electron chi connectivity index (χ4n) is 3.39. The molecule has 0 aliphatic carbocycles. The van der Waals surface area contributed by atoms with Gasteiger partial charge in [0.05, 0.1) is 23.0 Å². The normalized spacial score (nSPS) is 16.4. The lowest BCUT2D eigenvalue weighted by Gasteiger charge is -2.16. The van der Waals surface area contributed by atoms with E-state index in [9.17, 15) is 4.79 Å². The fraction of sp³-hybridized carbons (Fsp3) is 0.333. The second-order valence-electron chi connectivity index (χ2n) is 6.99. The number of aryl methyl sites for hydroxylation is 2. The highest BCUT2D eigenvalue weighted by Gasteiger charge is 2.29. The minimum atomic E-state index is 0.0811. The number of hydrogen-bond donors (Lipinski definition) is 0. The lowest BCUT2D eigenvalue weighted by Crippen LogP contribution is -2.29. The average Bonchev–Trinajstić information content (AvgIpc) is 3.33. The Morgan fingerprint density at radius 2 is 2.00 bits per heavy atom. The first kappa shape index (κ1) is 18.6. The van der Waals surface area contributed by atoms with Crippen LogP contribution in [-0.2, 0) is 0 Å². The molecule has 1 fully saturated rings. The maximum atomic E-state index is 12.7. The quantitative estimate of drug-likeness (QED) is 0.659. The highest BCUT2D eigenvalue weighted by molar-refractivity contribution is 7.13. The van der Waals surface area contributed by atoms with Crippen LogP contribution in [0.15, 0.2) is 42.5 Å². The van der Waals surface area contributed by atoms with E-state index in [2.05, 4.69) is 15.2 Å². The summed E-state index contributed by atoms with van der Waals surface area (Å²) < 4.78 is 5.82.